The molecule has 6 nitrogen and oxygen atoms in total. The minimum Gasteiger partial charge on any atom is -0.547 e. The van der Waals surface area contributed by atoms with E-state index in [0.717, 1.165) is 0 Å². The fourth-order valence-electron chi connectivity index (χ4n) is 0.258. The Morgan fingerprint density at radius 3 is 1.27 bits per heavy atom. The Morgan fingerprint density at radius 2 is 1.18 bits per heavy atom. The summed E-state index contributed by atoms with van der Waals surface area (Å²) >= 11 is 0. The number of hydrogen-bond donors (Lipinski definition) is 2. The molecule has 0 rings (SSSR count). The van der Waals surface area contributed by atoms with Crippen molar-refractivity contribution in [3.8, 4) is 0 Å². The topological polar surface area (TPSA) is 121 Å². The Kier molecular flexibility index (Phi) is 6.37. The molecule has 0 aromatic rings. The maximum absolute atomic E-state index is 9.63. The van der Waals surface area contributed by atoms with Gasteiger partial charge in [-0.15, -0.1) is 0 Å². The van der Waals surface area contributed by atoms with Crippen molar-refractivity contribution in [2.75, 3.05) is 0 Å². The van der Waals surface area contributed by atoms with Crippen molar-refractivity contribution < 1.29 is 30.0 Å². The Bertz CT molecular complexity index is 139. The molecule has 58 valence electrons. The van der Waals surface area contributed by atoms with Gasteiger partial charge in [0.15, 0.2) is 0 Å². The fourth-order valence-corrected chi connectivity index (χ4v) is 0.258. The molecule has 0 amide bonds. The minimum atomic E-state index is -2.44. The minimum absolute atomic E-state index is 0. The molecule has 0 fully saturated rings. The molecule has 0 saturated heterocycles. The van der Waals surface area contributed by atoms with Crippen molar-refractivity contribution >= 4 is 35.0 Å². The van der Waals surface area contributed by atoms with Crippen LogP contribution in [0.1, 0.15) is 0 Å². The van der Waals surface area contributed by atoms with Crippen molar-refractivity contribution in [3.63, 3.8) is 0 Å². The monoisotopic (exact) mass is 172 g/mol. The van der Waals surface area contributed by atoms with Crippen molar-refractivity contribution in [2.24, 2.45) is 0 Å². The van der Waals surface area contributed by atoms with E-state index in [1.54, 1.807) is 0 Å². The first-order valence-electron chi connectivity index (χ1n) is 2.24. The number of aliphatic hydroxyl groups excluding tert-OH is 2. The first-order valence-corrected chi connectivity index (χ1v) is 2.24. The zero-order valence-corrected chi connectivity index (χ0v) is 6.80. The van der Waals surface area contributed by atoms with Crippen molar-refractivity contribution in [3.05, 3.63) is 0 Å². The predicted octanol–water partition coefficient (Wildman–Crippen LogP) is -5.17. The summed E-state index contributed by atoms with van der Waals surface area (Å²) in [6.07, 6.45) is -4.88. The number of carboxylic acids is 2. The molecule has 2 atom stereocenters. The Balaban J connectivity index is 0. The van der Waals surface area contributed by atoms with Crippen LogP contribution in [0.4, 0.5) is 0 Å². The third-order valence-electron chi connectivity index (χ3n) is 0.782. The van der Waals surface area contributed by atoms with Crippen LogP contribution < -0.4 is 10.2 Å². The van der Waals surface area contributed by atoms with E-state index in [1.165, 1.54) is 0 Å². The van der Waals surface area contributed by atoms with Gasteiger partial charge >= 0.3 is 23.1 Å². The Morgan fingerprint density at radius 1 is 1.00 bits per heavy atom. The van der Waals surface area contributed by atoms with Gasteiger partial charge in [-0.1, -0.05) is 0 Å². The summed E-state index contributed by atoms with van der Waals surface area (Å²) in [5.74, 6) is -4.12. The molecule has 0 aromatic carbocycles. The number of carboxylic acid groups (broad SMARTS) is 2. The molecule has 2 N–H and O–H groups in total. The van der Waals surface area contributed by atoms with Crippen LogP contribution in [0.3, 0.4) is 0 Å². The summed E-state index contributed by atoms with van der Waals surface area (Å²) in [7, 11) is 0. The number of carbonyl (C=O) groups excluding carboxylic acids is 2. The number of rotatable bonds is 3. The SMILES string of the molecule is O=C([O-])[C@@H](O)[C@H](O)C(=O)[O-].[Mg+2]. The molecular formula is C4H4MgO6. The maximum atomic E-state index is 9.63. The van der Waals surface area contributed by atoms with E-state index < -0.39 is 24.1 Å². The average Bonchev–Trinajstić information content (AvgIpc) is 1.84. The van der Waals surface area contributed by atoms with E-state index in [-0.39, 0.29) is 23.1 Å². The van der Waals surface area contributed by atoms with E-state index in [1.807, 2.05) is 0 Å². The molecule has 0 heterocycles. The zero-order chi connectivity index (χ0) is 8.31. The van der Waals surface area contributed by atoms with Gasteiger partial charge in [-0.2, -0.15) is 0 Å². The molecule has 0 unspecified atom stereocenters. The van der Waals surface area contributed by atoms with E-state index in [9.17, 15) is 19.8 Å². The number of hydrogen-bond acceptors (Lipinski definition) is 6. The van der Waals surface area contributed by atoms with Crippen molar-refractivity contribution in [2.45, 2.75) is 12.2 Å². The second-order valence-electron chi connectivity index (χ2n) is 1.53. The standard InChI is InChI=1S/C4H6O6.Mg/c5-1(3(7)8)2(6)4(9)10;/h1-2,5-6H,(H,7,8)(H,9,10);/q;+2/p-2/t1-,2-;/m0./s1. The average molecular weight is 172 g/mol. The van der Waals surface area contributed by atoms with Crippen molar-refractivity contribution in [1.82, 2.24) is 0 Å². The first-order chi connectivity index (χ1) is 4.46. The number of aliphatic hydroxyl groups is 2. The van der Waals surface area contributed by atoms with E-state index in [0.29, 0.717) is 0 Å². The summed E-state index contributed by atoms with van der Waals surface area (Å²) in [5, 5.41) is 35.7. The van der Waals surface area contributed by atoms with Crippen LogP contribution in [0.2, 0.25) is 0 Å². The molecule has 11 heavy (non-hydrogen) atoms. The van der Waals surface area contributed by atoms with Crippen LogP contribution in [-0.2, 0) is 9.59 Å². The predicted molar refractivity (Wildman–Crippen MR) is 27.8 cm³/mol. The Hall–Kier alpha value is -0.374. The van der Waals surface area contributed by atoms with E-state index in [2.05, 4.69) is 0 Å². The van der Waals surface area contributed by atoms with Gasteiger partial charge in [-0.25, -0.2) is 0 Å². The van der Waals surface area contributed by atoms with Gasteiger partial charge < -0.3 is 30.0 Å². The Labute approximate surface area is 77.6 Å². The van der Waals surface area contributed by atoms with Gasteiger partial charge in [-0.3, -0.25) is 0 Å². The summed E-state index contributed by atoms with van der Waals surface area (Å²) in [5.41, 5.74) is 0. The quantitative estimate of drug-likeness (QED) is 0.411. The summed E-state index contributed by atoms with van der Waals surface area (Å²) in [4.78, 5) is 19.3. The molecule has 0 saturated carbocycles. The molecule has 0 radical (unpaired) electrons. The van der Waals surface area contributed by atoms with Gasteiger partial charge in [0.25, 0.3) is 0 Å². The second kappa shape index (κ2) is 5.30. The first kappa shape index (κ1) is 13.2. The molecule has 0 bridgehead atoms. The molecule has 0 aliphatic rings. The molecule has 0 spiro atoms. The van der Waals surface area contributed by atoms with Gasteiger partial charge in [-0.05, 0) is 0 Å². The number of aliphatic carboxylic acids is 2. The third-order valence-corrected chi connectivity index (χ3v) is 0.782. The zero-order valence-electron chi connectivity index (χ0n) is 5.39. The molecule has 0 aromatic heterocycles. The van der Waals surface area contributed by atoms with E-state index >= 15 is 0 Å². The van der Waals surface area contributed by atoms with Gasteiger partial charge in [0.1, 0.15) is 12.2 Å². The summed E-state index contributed by atoms with van der Waals surface area (Å²) in [6.45, 7) is 0. The fraction of sp³-hybridized carbons (Fsp3) is 0.500. The summed E-state index contributed by atoms with van der Waals surface area (Å²) in [6, 6.07) is 0. The summed E-state index contributed by atoms with van der Waals surface area (Å²) < 4.78 is 0. The normalized spacial score (nSPS) is 14.4. The van der Waals surface area contributed by atoms with Crippen LogP contribution in [-0.4, -0.2) is 57.4 Å². The van der Waals surface area contributed by atoms with Crippen LogP contribution in [0.25, 0.3) is 0 Å². The van der Waals surface area contributed by atoms with Crippen LogP contribution in [0.15, 0.2) is 0 Å². The van der Waals surface area contributed by atoms with Gasteiger partial charge in [0.2, 0.25) is 0 Å². The van der Waals surface area contributed by atoms with Crippen LogP contribution >= 0.6 is 0 Å². The smallest absolute Gasteiger partial charge is 0.547 e. The van der Waals surface area contributed by atoms with E-state index in [4.69, 9.17) is 10.2 Å². The third kappa shape index (κ3) is 4.14. The molecule has 7 heteroatoms. The maximum Gasteiger partial charge on any atom is 2.00 e. The number of carbonyl (C=O) groups is 2. The second-order valence-corrected chi connectivity index (χ2v) is 1.53. The van der Waals surface area contributed by atoms with Crippen LogP contribution in [0.5, 0.6) is 0 Å². The van der Waals surface area contributed by atoms with Gasteiger partial charge in [0.05, 0.1) is 11.9 Å². The van der Waals surface area contributed by atoms with Crippen LogP contribution in [0, 0.1) is 0 Å². The van der Waals surface area contributed by atoms with Crippen molar-refractivity contribution in [1.29, 1.82) is 0 Å². The molecular weight excluding hydrogens is 168 g/mol. The largest absolute Gasteiger partial charge is 2.00 e. The van der Waals surface area contributed by atoms with Gasteiger partial charge in [0, 0.05) is 0 Å². The molecule has 0 aliphatic heterocycles. The molecule has 0 aliphatic carbocycles.